The first-order valence-corrected chi connectivity index (χ1v) is 9.36. The van der Waals surface area contributed by atoms with Crippen molar-refractivity contribution in [3.63, 3.8) is 0 Å². The summed E-state index contributed by atoms with van der Waals surface area (Å²) in [5.41, 5.74) is 6.13. The minimum absolute atomic E-state index is 0.0599. The maximum absolute atomic E-state index is 14.6. The third-order valence-electron chi connectivity index (χ3n) is 4.72. The highest BCUT2D eigenvalue weighted by atomic mass is 19.4. The second-order valence-corrected chi connectivity index (χ2v) is 6.88. The second kappa shape index (κ2) is 8.00. The Morgan fingerprint density at radius 3 is 2.42 bits per heavy atom. The molecule has 4 rings (SSSR count). The molecule has 2 aromatic carbocycles. The lowest BCUT2D eigenvalue weighted by Gasteiger charge is -2.12. The second-order valence-electron chi connectivity index (χ2n) is 6.88. The van der Waals surface area contributed by atoms with Crippen molar-refractivity contribution in [3.05, 3.63) is 64.6 Å². The highest BCUT2D eigenvalue weighted by molar-refractivity contribution is 5.80. The van der Waals surface area contributed by atoms with Gasteiger partial charge in [-0.25, -0.2) is 9.82 Å². The summed E-state index contributed by atoms with van der Waals surface area (Å²) in [6, 6.07) is 8.56. The Hall–Kier alpha value is -4.29. The van der Waals surface area contributed by atoms with E-state index in [1.807, 2.05) is 0 Å². The molecule has 0 aliphatic rings. The van der Waals surface area contributed by atoms with Crippen molar-refractivity contribution in [3.8, 4) is 5.95 Å². The molecule has 33 heavy (non-hydrogen) atoms. The van der Waals surface area contributed by atoms with Gasteiger partial charge in [-0.1, -0.05) is 0 Å². The van der Waals surface area contributed by atoms with Crippen LogP contribution in [-0.4, -0.2) is 31.6 Å². The number of nitrogens with one attached hydrogen (secondary N) is 1. The van der Waals surface area contributed by atoms with Crippen molar-refractivity contribution in [1.29, 1.82) is 0 Å². The third kappa shape index (κ3) is 4.12. The van der Waals surface area contributed by atoms with Crippen LogP contribution in [0.1, 0.15) is 11.4 Å². The number of hydrogen-bond acceptors (Lipinski definition) is 7. The molecule has 0 fully saturated rings. The third-order valence-corrected chi connectivity index (χ3v) is 4.72. The summed E-state index contributed by atoms with van der Waals surface area (Å²) in [6.07, 6.45) is -4.50. The fraction of sp³-hybridized carbons (Fsp3) is 0.150. The van der Waals surface area contributed by atoms with Crippen LogP contribution in [0.2, 0.25) is 0 Å². The normalized spacial score (nSPS) is 11.6. The first-order valence-electron chi connectivity index (χ1n) is 9.36. The topological polar surface area (TPSA) is 111 Å². The van der Waals surface area contributed by atoms with Gasteiger partial charge in [0.05, 0.1) is 21.5 Å². The van der Waals surface area contributed by atoms with Gasteiger partial charge in [0.25, 0.3) is 4.92 Å². The van der Waals surface area contributed by atoms with E-state index in [1.165, 1.54) is 23.8 Å². The van der Waals surface area contributed by atoms with Gasteiger partial charge < -0.3 is 11.1 Å². The average molecular weight is 462 g/mol. The number of nitrogens with two attached hydrogens (primary N) is 1. The molecule has 0 bridgehead atoms. The maximum Gasteiger partial charge on any atom is 0.416 e. The van der Waals surface area contributed by atoms with Crippen LogP contribution in [-0.2, 0) is 11.0 Å². The summed E-state index contributed by atoms with van der Waals surface area (Å²) >= 11 is 0. The number of halogens is 4. The fourth-order valence-electron chi connectivity index (χ4n) is 3.17. The monoisotopic (exact) mass is 462 g/mol. The first-order chi connectivity index (χ1) is 15.6. The molecule has 2 aromatic heterocycles. The van der Waals surface area contributed by atoms with E-state index in [9.17, 15) is 22.5 Å². The summed E-state index contributed by atoms with van der Waals surface area (Å²) < 4.78 is 54.4. The lowest BCUT2D eigenvalue weighted by atomic mass is 10.2. The van der Waals surface area contributed by atoms with Crippen LogP contribution < -0.4 is 11.1 Å². The molecule has 0 radical (unpaired) electrons. The van der Waals surface area contributed by atoms with Crippen LogP contribution in [0.3, 0.4) is 0 Å². The highest BCUT2D eigenvalue weighted by Crippen LogP contribution is 2.31. The quantitative estimate of drug-likeness (QED) is 0.330. The molecule has 0 atom stereocenters. The Bertz CT molecular complexity index is 1370. The Morgan fingerprint density at radius 2 is 1.79 bits per heavy atom. The SMILES string of the molecule is CO[N+](=O)c1ccc2nc(C)n(-c3nc(N)c(F)c(Nc4ccc(C(F)(F)F)cc4)n3)c2c1. The van der Waals surface area contributed by atoms with E-state index >= 15 is 0 Å². The van der Waals surface area contributed by atoms with Crippen molar-refractivity contribution in [1.82, 2.24) is 19.5 Å². The van der Waals surface area contributed by atoms with Crippen LogP contribution in [0, 0.1) is 17.6 Å². The largest absolute Gasteiger partial charge is 0.416 e. The number of hydrogen-bond donors (Lipinski definition) is 2. The van der Waals surface area contributed by atoms with Gasteiger partial charge in [0, 0.05) is 17.8 Å². The molecule has 0 aliphatic carbocycles. The van der Waals surface area contributed by atoms with Gasteiger partial charge in [-0.2, -0.15) is 27.5 Å². The predicted octanol–water partition coefficient (Wildman–Crippen LogP) is 4.58. The number of rotatable bonds is 5. The van der Waals surface area contributed by atoms with Gasteiger partial charge in [-0.05, 0) is 37.3 Å². The number of nitrogen functional groups attached to an aromatic ring is 1. The Kier molecular flexibility index (Phi) is 5.31. The van der Waals surface area contributed by atoms with E-state index in [0.717, 1.165) is 24.3 Å². The summed E-state index contributed by atoms with van der Waals surface area (Å²) in [4.78, 5) is 29.3. The lowest BCUT2D eigenvalue weighted by molar-refractivity contribution is -0.736. The summed E-state index contributed by atoms with van der Waals surface area (Å²) in [6.45, 7) is 1.65. The van der Waals surface area contributed by atoms with Gasteiger partial charge in [0.2, 0.25) is 11.8 Å². The first kappa shape index (κ1) is 21.9. The number of imidazole rings is 1. The number of fused-ring (bicyclic) bond motifs is 1. The Morgan fingerprint density at radius 1 is 1.09 bits per heavy atom. The average Bonchev–Trinajstić information content (AvgIpc) is 3.10. The summed E-state index contributed by atoms with van der Waals surface area (Å²) in [5, 5.41) is 2.61. The molecule has 0 saturated carbocycles. The zero-order chi connectivity index (χ0) is 23.9. The van der Waals surface area contributed by atoms with Crippen LogP contribution in [0.15, 0.2) is 42.5 Å². The summed E-state index contributed by atoms with van der Waals surface area (Å²) in [5.74, 6) is -1.46. The standard InChI is InChI=1S/C20H16F4N7O2/c1-10-26-14-8-7-13(31(32)33-2)9-15(14)30(10)19-28-17(25)16(21)18(29-19)27-12-5-3-11(4-6-12)20(22,23)24/h3-9H,1-2H3,(H3,25,27,28,29)/q+1. The molecule has 0 aliphatic heterocycles. The smallest absolute Gasteiger partial charge is 0.381 e. The number of anilines is 3. The minimum atomic E-state index is -4.50. The van der Waals surface area contributed by atoms with Crippen LogP contribution in [0.5, 0.6) is 0 Å². The molecule has 9 nitrogen and oxygen atoms in total. The van der Waals surface area contributed by atoms with E-state index in [4.69, 9.17) is 5.73 Å². The zero-order valence-corrected chi connectivity index (χ0v) is 17.2. The number of nitrogens with zero attached hydrogens (tertiary/aromatic N) is 5. The van der Waals surface area contributed by atoms with Crippen molar-refractivity contribution < 1.29 is 27.3 Å². The van der Waals surface area contributed by atoms with Crippen molar-refractivity contribution >= 4 is 34.0 Å². The maximum atomic E-state index is 14.6. The molecular formula is C20H16F4N7O2+. The molecule has 170 valence electrons. The van der Waals surface area contributed by atoms with Crippen molar-refractivity contribution in [2.45, 2.75) is 13.1 Å². The van der Waals surface area contributed by atoms with Gasteiger partial charge in [-0.3, -0.25) is 4.57 Å². The molecule has 0 saturated heterocycles. The highest BCUT2D eigenvalue weighted by Gasteiger charge is 2.30. The van der Waals surface area contributed by atoms with Gasteiger partial charge >= 0.3 is 11.9 Å². The van der Waals surface area contributed by atoms with Crippen LogP contribution >= 0.6 is 0 Å². The molecule has 0 amide bonds. The fourth-order valence-corrected chi connectivity index (χ4v) is 3.17. The van der Waals surface area contributed by atoms with Crippen LogP contribution in [0.4, 0.5) is 40.6 Å². The van der Waals surface area contributed by atoms with E-state index in [2.05, 4.69) is 25.1 Å². The molecule has 0 spiro atoms. The van der Waals surface area contributed by atoms with Gasteiger partial charge in [-0.15, -0.1) is 0 Å². The van der Waals surface area contributed by atoms with Gasteiger partial charge in [0.1, 0.15) is 5.82 Å². The minimum Gasteiger partial charge on any atom is -0.381 e. The Balaban J connectivity index is 1.78. The van der Waals surface area contributed by atoms with E-state index < -0.39 is 23.4 Å². The lowest BCUT2D eigenvalue weighted by Crippen LogP contribution is -2.11. The zero-order valence-electron chi connectivity index (χ0n) is 17.2. The molecule has 2 heterocycles. The van der Waals surface area contributed by atoms with E-state index in [0.29, 0.717) is 21.8 Å². The molecule has 3 N–H and O–H groups in total. The predicted molar refractivity (Wildman–Crippen MR) is 111 cm³/mol. The molecule has 4 aromatic rings. The van der Waals surface area contributed by atoms with E-state index in [-0.39, 0.29) is 23.1 Å². The number of benzene rings is 2. The molecular weight excluding hydrogens is 446 g/mol. The van der Waals surface area contributed by atoms with Crippen molar-refractivity contribution in [2.75, 3.05) is 18.2 Å². The van der Waals surface area contributed by atoms with Crippen molar-refractivity contribution in [2.24, 2.45) is 0 Å². The molecule has 0 unspecified atom stereocenters. The Labute approximate surface area is 183 Å². The van der Waals surface area contributed by atoms with Crippen LogP contribution in [0.25, 0.3) is 17.0 Å². The number of aryl methyl sites for hydroxylation is 1. The van der Waals surface area contributed by atoms with E-state index in [1.54, 1.807) is 13.0 Å². The van der Waals surface area contributed by atoms with Gasteiger partial charge in [0.15, 0.2) is 18.7 Å². The number of aromatic nitrogens is 4. The number of alkyl halides is 3. The molecule has 13 heteroatoms. The summed E-state index contributed by atoms with van der Waals surface area (Å²) in [7, 11) is 1.21.